The number of likely N-dealkylation sites (tertiary alicyclic amines) is 1. The molecule has 1 fully saturated rings. The summed E-state index contributed by atoms with van der Waals surface area (Å²) in [5.74, 6) is 0.851. The maximum atomic E-state index is 12.9. The van der Waals surface area contributed by atoms with Gasteiger partial charge in [-0.3, -0.25) is 9.59 Å². The summed E-state index contributed by atoms with van der Waals surface area (Å²) in [6.07, 6.45) is 1.97. The molecule has 1 aliphatic rings. The van der Waals surface area contributed by atoms with Gasteiger partial charge in [0.05, 0.1) is 18.9 Å². The highest BCUT2D eigenvalue weighted by molar-refractivity contribution is 5.84. The van der Waals surface area contributed by atoms with E-state index >= 15 is 0 Å². The van der Waals surface area contributed by atoms with Crippen LogP contribution in [-0.4, -0.2) is 36.9 Å². The highest BCUT2D eigenvalue weighted by Gasteiger charge is 2.39. The smallest absolute Gasteiger partial charge is 0.227 e. The number of ether oxygens (including phenoxy) is 1. The zero-order valence-corrected chi connectivity index (χ0v) is 17.5. The Morgan fingerprint density at radius 3 is 2.38 bits per heavy atom. The first-order valence-corrected chi connectivity index (χ1v) is 10.1. The van der Waals surface area contributed by atoms with Crippen molar-refractivity contribution < 1.29 is 14.3 Å². The summed E-state index contributed by atoms with van der Waals surface area (Å²) < 4.78 is 5.17. The molecule has 0 unspecified atom stereocenters. The van der Waals surface area contributed by atoms with Crippen molar-refractivity contribution in [3.05, 3.63) is 65.2 Å². The summed E-state index contributed by atoms with van der Waals surface area (Å²) in [5.41, 5.74) is 2.67. The van der Waals surface area contributed by atoms with E-state index in [1.165, 1.54) is 5.56 Å². The Labute approximate surface area is 173 Å². The Kier molecular flexibility index (Phi) is 6.57. The van der Waals surface area contributed by atoms with E-state index in [0.29, 0.717) is 26.1 Å². The van der Waals surface area contributed by atoms with E-state index in [1.54, 1.807) is 7.11 Å². The molecule has 5 nitrogen and oxygen atoms in total. The van der Waals surface area contributed by atoms with Crippen LogP contribution >= 0.6 is 0 Å². The fraction of sp³-hybridized carbons (Fsp3) is 0.417. The minimum absolute atomic E-state index is 0.0139. The van der Waals surface area contributed by atoms with Crippen molar-refractivity contribution in [3.63, 3.8) is 0 Å². The summed E-state index contributed by atoms with van der Waals surface area (Å²) in [7, 11) is 1.62. The highest BCUT2D eigenvalue weighted by atomic mass is 16.5. The lowest BCUT2D eigenvalue weighted by Gasteiger charge is -2.39. The van der Waals surface area contributed by atoms with Gasteiger partial charge in [0.15, 0.2) is 0 Å². The molecular weight excluding hydrogens is 364 g/mol. The summed E-state index contributed by atoms with van der Waals surface area (Å²) in [5, 5.41) is 3.06. The lowest BCUT2D eigenvalue weighted by molar-refractivity contribution is -0.140. The molecule has 0 spiro atoms. The van der Waals surface area contributed by atoms with Crippen molar-refractivity contribution in [3.8, 4) is 5.75 Å². The maximum absolute atomic E-state index is 12.9. The number of piperidine rings is 1. The minimum atomic E-state index is -0.557. The summed E-state index contributed by atoms with van der Waals surface area (Å²) in [6, 6.07) is 15.7. The number of amides is 2. The van der Waals surface area contributed by atoms with Crippen LogP contribution in [0.5, 0.6) is 5.75 Å². The van der Waals surface area contributed by atoms with E-state index in [9.17, 15) is 9.59 Å². The van der Waals surface area contributed by atoms with Gasteiger partial charge in [0.1, 0.15) is 5.75 Å². The lowest BCUT2D eigenvalue weighted by atomic mass is 9.80. The van der Waals surface area contributed by atoms with Crippen LogP contribution in [0, 0.1) is 12.3 Å². The number of methoxy groups -OCH3 is 1. The van der Waals surface area contributed by atoms with Crippen molar-refractivity contribution in [2.24, 2.45) is 5.41 Å². The Morgan fingerprint density at radius 2 is 1.72 bits per heavy atom. The highest BCUT2D eigenvalue weighted by Crippen LogP contribution is 2.30. The second kappa shape index (κ2) is 9.12. The van der Waals surface area contributed by atoms with Crippen molar-refractivity contribution in [2.75, 3.05) is 20.2 Å². The third-order valence-electron chi connectivity index (χ3n) is 5.69. The van der Waals surface area contributed by atoms with Gasteiger partial charge in [0.25, 0.3) is 0 Å². The monoisotopic (exact) mass is 394 g/mol. The quantitative estimate of drug-likeness (QED) is 0.816. The molecular formula is C24H30N2O3. The van der Waals surface area contributed by atoms with Gasteiger partial charge >= 0.3 is 0 Å². The standard InChI is InChI=1S/C24H30N2O3/c1-18-5-7-20(8-6-18)16-25-23(28)24(2)13-4-14-26(17-24)22(27)15-19-9-11-21(29-3)12-10-19/h5-12H,4,13-17H2,1-3H3,(H,25,28)/t24-/m0/s1. The van der Waals surface area contributed by atoms with Crippen molar-refractivity contribution in [2.45, 2.75) is 39.7 Å². The first-order chi connectivity index (χ1) is 13.9. The normalized spacial score (nSPS) is 18.9. The minimum Gasteiger partial charge on any atom is -0.497 e. The molecule has 154 valence electrons. The number of aryl methyl sites for hydroxylation is 1. The number of nitrogens with zero attached hydrogens (tertiary/aromatic N) is 1. The molecule has 0 aromatic heterocycles. The first-order valence-electron chi connectivity index (χ1n) is 10.1. The van der Waals surface area contributed by atoms with Crippen LogP contribution < -0.4 is 10.1 Å². The van der Waals surface area contributed by atoms with E-state index in [-0.39, 0.29) is 11.8 Å². The predicted octanol–water partition coefficient (Wildman–Crippen LogP) is 3.49. The Hall–Kier alpha value is -2.82. The molecule has 2 amide bonds. The molecule has 3 rings (SSSR count). The molecule has 2 aromatic rings. The van der Waals surface area contributed by atoms with Crippen molar-refractivity contribution >= 4 is 11.8 Å². The molecule has 0 saturated carbocycles. The van der Waals surface area contributed by atoms with Crippen LogP contribution in [0.1, 0.15) is 36.5 Å². The Bertz CT molecular complexity index is 845. The van der Waals surface area contributed by atoms with E-state index in [2.05, 4.69) is 5.32 Å². The predicted molar refractivity (Wildman–Crippen MR) is 114 cm³/mol. The number of hydrogen-bond acceptors (Lipinski definition) is 3. The molecule has 1 aliphatic heterocycles. The van der Waals surface area contributed by atoms with E-state index in [4.69, 9.17) is 4.74 Å². The Balaban J connectivity index is 1.57. The molecule has 5 heteroatoms. The number of carbonyl (C=O) groups excluding carboxylic acids is 2. The molecule has 1 heterocycles. The molecule has 1 N–H and O–H groups in total. The van der Waals surface area contributed by atoms with Crippen molar-refractivity contribution in [1.29, 1.82) is 0 Å². The van der Waals surface area contributed by atoms with Crippen LogP contribution in [-0.2, 0) is 22.6 Å². The molecule has 0 radical (unpaired) electrons. The molecule has 0 bridgehead atoms. The van der Waals surface area contributed by atoms with E-state index in [1.807, 2.05) is 67.3 Å². The topological polar surface area (TPSA) is 58.6 Å². The van der Waals surface area contributed by atoms with Gasteiger partial charge in [-0.2, -0.15) is 0 Å². The van der Waals surface area contributed by atoms with Crippen LogP contribution in [0.25, 0.3) is 0 Å². The van der Waals surface area contributed by atoms with Crippen LogP contribution in [0.4, 0.5) is 0 Å². The average Bonchev–Trinajstić information content (AvgIpc) is 2.73. The number of rotatable bonds is 6. The van der Waals surface area contributed by atoms with Gasteiger partial charge in [0, 0.05) is 19.6 Å². The Morgan fingerprint density at radius 1 is 1.07 bits per heavy atom. The summed E-state index contributed by atoms with van der Waals surface area (Å²) in [6.45, 7) is 5.68. The molecule has 2 aromatic carbocycles. The summed E-state index contributed by atoms with van der Waals surface area (Å²) in [4.78, 5) is 27.5. The number of carbonyl (C=O) groups is 2. The molecule has 29 heavy (non-hydrogen) atoms. The molecule has 0 aliphatic carbocycles. The van der Waals surface area contributed by atoms with Crippen LogP contribution in [0.2, 0.25) is 0 Å². The zero-order chi connectivity index (χ0) is 20.9. The number of hydrogen-bond donors (Lipinski definition) is 1. The fourth-order valence-corrected chi connectivity index (χ4v) is 3.77. The van der Waals surface area contributed by atoms with Crippen molar-refractivity contribution in [1.82, 2.24) is 10.2 Å². The second-order valence-electron chi connectivity index (χ2n) is 8.17. The average molecular weight is 395 g/mol. The third kappa shape index (κ3) is 5.37. The van der Waals surface area contributed by atoms with Gasteiger partial charge in [-0.15, -0.1) is 0 Å². The zero-order valence-electron chi connectivity index (χ0n) is 17.5. The van der Waals surface area contributed by atoms with Gasteiger partial charge in [0.2, 0.25) is 11.8 Å². The summed E-state index contributed by atoms with van der Waals surface area (Å²) >= 11 is 0. The second-order valence-corrected chi connectivity index (χ2v) is 8.17. The lowest BCUT2D eigenvalue weighted by Crippen LogP contribution is -2.52. The van der Waals surface area contributed by atoms with E-state index < -0.39 is 5.41 Å². The largest absolute Gasteiger partial charge is 0.497 e. The van der Waals surface area contributed by atoms with Gasteiger partial charge in [-0.25, -0.2) is 0 Å². The van der Waals surface area contributed by atoms with Crippen LogP contribution in [0.3, 0.4) is 0 Å². The van der Waals surface area contributed by atoms with E-state index in [0.717, 1.165) is 29.7 Å². The fourth-order valence-electron chi connectivity index (χ4n) is 3.77. The van der Waals surface area contributed by atoms with Gasteiger partial charge in [-0.1, -0.05) is 42.0 Å². The third-order valence-corrected chi connectivity index (χ3v) is 5.69. The maximum Gasteiger partial charge on any atom is 0.227 e. The van der Waals surface area contributed by atoms with Gasteiger partial charge in [-0.05, 0) is 49.9 Å². The number of benzene rings is 2. The number of nitrogens with one attached hydrogen (secondary N) is 1. The first kappa shape index (κ1) is 20.9. The molecule has 1 saturated heterocycles. The molecule has 1 atom stereocenters. The van der Waals surface area contributed by atoms with Gasteiger partial charge < -0.3 is 15.0 Å². The SMILES string of the molecule is COc1ccc(CC(=O)N2CCC[C@](C)(C(=O)NCc3ccc(C)cc3)C2)cc1. The van der Waals surface area contributed by atoms with Crippen LogP contribution in [0.15, 0.2) is 48.5 Å².